The predicted molar refractivity (Wildman–Crippen MR) is 52.0 cm³/mol. The number of halogens is 4. The van der Waals surface area contributed by atoms with Gasteiger partial charge in [0.2, 0.25) is 5.88 Å². The maximum Gasteiger partial charge on any atom is 0.417 e. The molecule has 0 radical (unpaired) electrons. The van der Waals surface area contributed by atoms with Crippen LogP contribution in [-0.4, -0.2) is 22.2 Å². The number of hydrogen-bond acceptors (Lipinski definition) is 3. The van der Waals surface area contributed by atoms with E-state index in [2.05, 4.69) is 4.98 Å². The van der Waals surface area contributed by atoms with Crippen LogP contribution < -0.4 is 4.74 Å². The van der Waals surface area contributed by atoms with Gasteiger partial charge in [-0.3, -0.25) is 0 Å². The van der Waals surface area contributed by atoms with E-state index in [1.54, 1.807) is 0 Å². The summed E-state index contributed by atoms with van der Waals surface area (Å²) in [5.41, 5.74) is -1.03. The highest BCUT2D eigenvalue weighted by molar-refractivity contribution is 6.31. The molecule has 1 heterocycles. The molecule has 0 bridgehead atoms. The van der Waals surface area contributed by atoms with Crippen LogP contribution in [0.4, 0.5) is 13.2 Å². The zero-order valence-electron chi connectivity index (χ0n) is 8.45. The summed E-state index contributed by atoms with van der Waals surface area (Å²) in [6.07, 6.45) is -5.29. The van der Waals surface area contributed by atoms with Crippen molar-refractivity contribution in [3.8, 4) is 5.88 Å². The van der Waals surface area contributed by atoms with Crippen molar-refractivity contribution >= 4 is 17.6 Å². The van der Waals surface area contributed by atoms with Gasteiger partial charge in [0.15, 0.2) is 6.10 Å². The van der Waals surface area contributed by atoms with Crippen molar-refractivity contribution in [1.29, 1.82) is 0 Å². The fourth-order valence-corrected chi connectivity index (χ4v) is 1.10. The molecule has 1 aromatic rings. The van der Waals surface area contributed by atoms with Gasteiger partial charge in [0.25, 0.3) is 0 Å². The van der Waals surface area contributed by atoms with Crippen LogP contribution in [0.15, 0.2) is 12.3 Å². The molecule has 8 heteroatoms. The largest absolute Gasteiger partial charge is 0.479 e. The van der Waals surface area contributed by atoms with Gasteiger partial charge in [-0.25, -0.2) is 9.78 Å². The highest BCUT2D eigenvalue weighted by Crippen LogP contribution is 2.33. The van der Waals surface area contributed by atoms with Gasteiger partial charge in [-0.05, 0) is 13.0 Å². The number of carbonyl (C=O) groups is 1. The summed E-state index contributed by atoms with van der Waals surface area (Å²) in [6.45, 7) is 1.21. The second kappa shape index (κ2) is 4.79. The molecule has 1 atom stereocenters. The molecule has 0 amide bonds. The number of alkyl halides is 3. The average Bonchev–Trinajstić information content (AvgIpc) is 2.19. The Balaban J connectivity index is 2.95. The lowest BCUT2D eigenvalue weighted by atomic mass is 10.3. The zero-order chi connectivity index (χ0) is 13.2. The fourth-order valence-electron chi connectivity index (χ4n) is 0.885. The Morgan fingerprint density at radius 1 is 1.59 bits per heavy atom. The summed E-state index contributed by atoms with van der Waals surface area (Å²) >= 11 is 5.50. The number of carboxylic acid groups (broad SMARTS) is 1. The highest BCUT2D eigenvalue weighted by atomic mass is 35.5. The summed E-state index contributed by atoms with van der Waals surface area (Å²) in [5, 5.41) is 8.15. The van der Waals surface area contributed by atoms with E-state index in [4.69, 9.17) is 21.4 Å². The van der Waals surface area contributed by atoms with E-state index >= 15 is 0 Å². The van der Waals surface area contributed by atoms with Gasteiger partial charge >= 0.3 is 12.1 Å². The van der Waals surface area contributed by atoms with E-state index in [0.717, 1.165) is 0 Å². The topological polar surface area (TPSA) is 59.4 Å². The number of hydrogen-bond donors (Lipinski definition) is 1. The molecule has 1 aromatic heterocycles. The number of rotatable bonds is 3. The number of aromatic nitrogens is 1. The SMILES string of the molecule is CC(Oc1ncc(C(F)(F)F)cc1Cl)C(=O)O. The first-order valence-electron chi connectivity index (χ1n) is 4.34. The normalized spacial score (nSPS) is 13.2. The van der Waals surface area contributed by atoms with Crippen LogP contribution in [0.1, 0.15) is 12.5 Å². The fraction of sp³-hybridized carbons (Fsp3) is 0.333. The van der Waals surface area contributed by atoms with Crippen LogP contribution >= 0.6 is 11.6 Å². The monoisotopic (exact) mass is 269 g/mol. The van der Waals surface area contributed by atoms with Crippen LogP contribution in [0.5, 0.6) is 5.88 Å². The second-order valence-corrected chi connectivity index (χ2v) is 3.51. The van der Waals surface area contributed by atoms with Crippen molar-refractivity contribution in [2.45, 2.75) is 19.2 Å². The minimum absolute atomic E-state index is 0.352. The van der Waals surface area contributed by atoms with E-state index in [-0.39, 0.29) is 5.88 Å². The molecule has 0 aliphatic rings. The molecule has 0 saturated heterocycles. The Hall–Kier alpha value is -1.50. The molecule has 1 unspecified atom stereocenters. The Morgan fingerprint density at radius 3 is 2.59 bits per heavy atom. The van der Waals surface area contributed by atoms with Crippen LogP contribution in [0, 0.1) is 0 Å². The quantitative estimate of drug-likeness (QED) is 0.916. The minimum atomic E-state index is -4.56. The average molecular weight is 270 g/mol. The van der Waals surface area contributed by atoms with E-state index in [1.807, 2.05) is 0 Å². The summed E-state index contributed by atoms with van der Waals surface area (Å²) in [6, 6.07) is 0.623. The summed E-state index contributed by atoms with van der Waals surface area (Å²) in [4.78, 5) is 13.8. The van der Waals surface area contributed by atoms with E-state index in [0.29, 0.717) is 12.3 Å². The molecular weight excluding hydrogens is 263 g/mol. The van der Waals surface area contributed by atoms with E-state index in [1.165, 1.54) is 6.92 Å². The van der Waals surface area contributed by atoms with Crippen LogP contribution in [-0.2, 0) is 11.0 Å². The van der Waals surface area contributed by atoms with Gasteiger partial charge in [0.05, 0.1) is 5.56 Å². The number of nitrogens with zero attached hydrogens (tertiary/aromatic N) is 1. The predicted octanol–water partition coefficient (Wildman–Crippen LogP) is 2.61. The van der Waals surface area contributed by atoms with Gasteiger partial charge in [0.1, 0.15) is 5.02 Å². The van der Waals surface area contributed by atoms with Crippen molar-refractivity contribution in [2.75, 3.05) is 0 Å². The molecule has 17 heavy (non-hydrogen) atoms. The van der Waals surface area contributed by atoms with E-state index < -0.39 is 28.8 Å². The second-order valence-electron chi connectivity index (χ2n) is 3.11. The van der Waals surface area contributed by atoms with Crippen LogP contribution in [0.25, 0.3) is 0 Å². The lowest BCUT2D eigenvalue weighted by Crippen LogP contribution is -2.23. The maximum absolute atomic E-state index is 12.3. The standard InChI is InChI=1S/C9H7ClF3NO3/c1-4(8(15)16)17-7-6(10)2-5(3-14-7)9(11,12)13/h2-4H,1H3,(H,15,16). The third-order valence-corrected chi connectivity index (χ3v) is 2.04. The minimum Gasteiger partial charge on any atom is -0.479 e. The zero-order valence-corrected chi connectivity index (χ0v) is 9.21. The van der Waals surface area contributed by atoms with Gasteiger partial charge < -0.3 is 9.84 Å². The molecular formula is C9H7ClF3NO3. The molecule has 0 fully saturated rings. The van der Waals surface area contributed by atoms with Gasteiger partial charge in [-0.2, -0.15) is 13.2 Å². The maximum atomic E-state index is 12.3. The molecule has 0 aliphatic carbocycles. The Morgan fingerprint density at radius 2 is 2.18 bits per heavy atom. The van der Waals surface area contributed by atoms with Crippen molar-refractivity contribution in [2.24, 2.45) is 0 Å². The van der Waals surface area contributed by atoms with Crippen LogP contribution in [0.2, 0.25) is 5.02 Å². The summed E-state index contributed by atoms with van der Waals surface area (Å²) < 4.78 is 41.5. The molecule has 1 N–H and O–H groups in total. The van der Waals surface area contributed by atoms with Gasteiger partial charge in [-0.1, -0.05) is 11.6 Å². The van der Waals surface area contributed by atoms with E-state index in [9.17, 15) is 18.0 Å². The molecule has 0 aliphatic heterocycles. The lowest BCUT2D eigenvalue weighted by Gasteiger charge is -2.12. The highest BCUT2D eigenvalue weighted by Gasteiger charge is 2.32. The lowest BCUT2D eigenvalue weighted by molar-refractivity contribution is -0.144. The molecule has 0 aromatic carbocycles. The van der Waals surface area contributed by atoms with Crippen molar-refractivity contribution in [3.63, 3.8) is 0 Å². The molecule has 4 nitrogen and oxygen atoms in total. The van der Waals surface area contributed by atoms with Gasteiger partial charge in [-0.15, -0.1) is 0 Å². The van der Waals surface area contributed by atoms with Gasteiger partial charge in [0, 0.05) is 6.20 Å². The number of carboxylic acids is 1. The number of ether oxygens (including phenoxy) is 1. The van der Waals surface area contributed by atoms with Crippen LogP contribution in [0.3, 0.4) is 0 Å². The summed E-state index contributed by atoms with van der Waals surface area (Å²) in [7, 11) is 0. The number of aliphatic carboxylic acids is 1. The summed E-state index contributed by atoms with van der Waals surface area (Å²) in [5.74, 6) is -1.63. The third-order valence-electron chi connectivity index (χ3n) is 1.77. The molecule has 94 valence electrons. The smallest absolute Gasteiger partial charge is 0.417 e. The third kappa shape index (κ3) is 3.48. The first-order valence-corrected chi connectivity index (χ1v) is 4.72. The first-order chi connectivity index (χ1) is 7.71. The van der Waals surface area contributed by atoms with Crippen molar-refractivity contribution < 1.29 is 27.8 Å². The first kappa shape index (κ1) is 13.6. The van der Waals surface area contributed by atoms with Crippen molar-refractivity contribution in [1.82, 2.24) is 4.98 Å². The molecule has 0 saturated carbocycles. The number of pyridine rings is 1. The Kier molecular flexibility index (Phi) is 3.82. The van der Waals surface area contributed by atoms with Crippen molar-refractivity contribution in [3.05, 3.63) is 22.8 Å². The Bertz CT molecular complexity index is 436. The Labute approximate surface area is 99.0 Å². The molecule has 1 rings (SSSR count). The molecule has 0 spiro atoms.